The summed E-state index contributed by atoms with van der Waals surface area (Å²) in [6.45, 7) is 0. The summed E-state index contributed by atoms with van der Waals surface area (Å²) in [4.78, 5) is 25.8. The van der Waals surface area contributed by atoms with Gasteiger partial charge in [0.1, 0.15) is 0 Å². The van der Waals surface area contributed by atoms with Crippen molar-refractivity contribution >= 4 is 43.6 Å². The Kier molecular flexibility index (Phi) is 9.35. The average molecular weight is 870 g/mol. The van der Waals surface area contributed by atoms with Crippen LogP contribution in [0.2, 0.25) is 0 Å². The summed E-state index contributed by atoms with van der Waals surface area (Å²) < 4.78 is 4.57. The van der Waals surface area contributed by atoms with Gasteiger partial charge in [-0.25, -0.2) is 15.0 Å². The lowest BCUT2D eigenvalue weighted by molar-refractivity contribution is 0.954. The van der Waals surface area contributed by atoms with Crippen molar-refractivity contribution in [3.63, 3.8) is 0 Å². The number of hydrogen-bond donors (Lipinski definition) is 0. The van der Waals surface area contributed by atoms with E-state index >= 15 is 0 Å². The fraction of sp³-hybridized carbons (Fsp3) is 0. The lowest BCUT2D eigenvalue weighted by Crippen LogP contribution is -2.06. The first-order valence-corrected chi connectivity index (χ1v) is 22.7. The molecule has 0 unspecified atom stereocenters. The van der Waals surface area contributed by atoms with E-state index < -0.39 is 0 Å². The van der Waals surface area contributed by atoms with Crippen LogP contribution >= 0.6 is 0 Å². The number of fused-ring (bicyclic) bond motifs is 6. The highest BCUT2D eigenvalue weighted by molar-refractivity contribution is 6.19. The van der Waals surface area contributed by atoms with Crippen LogP contribution in [0.5, 0.6) is 0 Å². The molecule has 0 aliphatic heterocycles. The Morgan fingerprint density at radius 1 is 0.235 bits per heavy atom. The number of rotatable bonds is 8. The summed E-state index contributed by atoms with van der Waals surface area (Å²) in [6, 6.07) is 82.2. The van der Waals surface area contributed by atoms with Crippen molar-refractivity contribution in [2.75, 3.05) is 0 Å². The summed E-state index contributed by atoms with van der Waals surface area (Å²) in [5.74, 6) is 2.45. The Morgan fingerprint density at radius 2 is 0.603 bits per heavy atom. The minimum Gasteiger partial charge on any atom is -0.309 e. The number of hydrogen-bond acceptors (Lipinski definition) is 5. The third-order valence-electron chi connectivity index (χ3n) is 12.8. The maximum Gasteiger partial charge on any atom is 0.238 e. The molecule has 0 aliphatic rings. The first-order valence-electron chi connectivity index (χ1n) is 22.7. The zero-order valence-corrected chi connectivity index (χ0v) is 36.6. The molecular formula is C61H39N7. The molecule has 0 spiro atoms. The predicted molar refractivity (Wildman–Crippen MR) is 277 cm³/mol. The van der Waals surface area contributed by atoms with Gasteiger partial charge in [0, 0.05) is 55.0 Å². The Labute approximate surface area is 392 Å². The van der Waals surface area contributed by atoms with Crippen LogP contribution in [-0.4, -0.2) is 34.1 Å². The monoisotopic (exact) mass is 869 g/mol. The summed E-state index contributed by atoms with van der Waals surface area (Å²) in [6.07, 6.45) is 0. The van der Waals surface area contributed by atoms with Crippen molar-refractivity contribution in [1.82, 2.24) is 34.1 Å². The molecule has 0 amide bonds. The molecule has 68 heavy (non-hydrogen) atoms. The summed E-state index contributed by atoms with van der Waals surface area (Å²) in [5.41, 5.74) is 14.2. The Hall–Kier alpha value is -9.33. The first kappa shape index (κ1) is 39.1. The van der Waals surface area contributed by atoms with E-state index in [2.05, 4.69) is 185 Å². The van der Waals surface area contributed by atoms with E-state index in [0.717, 1.165) is 99.6 Å². The molecule has 13 aromatic rings. The van der Waals surface area contributed by atoms with Gasteiger partial charge in [-0.15, -0.1) is 0 Å². The molecule has 4 aromatic heterocycles. The van der Waals surface area contributed by atoms with E-state index in [1.807, 2.05) is 60.7 Å². The molecule has 0 aliphatic carbocycles. The number of para-hydroxylation sites is 2. The van der Waals surface area contributed by atoms with Gasteiger partial charge < -0.3 is 4.57 Å². The van der Waals surface area contributed by atoms with Crippen LogP contribution in [0.15, 0.2) is 237 Å². The number of aromatic nitrogens is 7. The number of nitrogens with zero attached hydrogens (tertiary/aromatic N) is 7. The van der Waals surface area contributed by atoms with Crippen molar-refractivity contribution in [1.29, 1.82) is 0 Å². The molecule has 0 radical (unpaired) electrons. The lowest BCUT2D eigenvalue weighted by Gasteiger charge is -2.12. The topological polar surface area (TPSA) is 74.3 Å². The zero-order valence-electron chi connectivity index (χ0n) is 36.6. The highest BCUT2D eigenvalue weighted by atomic mass is 15.2. The van der Waals surface area contributed by atoms with E-state index in [-0.39, 0.29) is 0 Å². The molecule has 9 aromatic carbocycles. The summed E-state index contributed by atoms with van der Waals surface area (Å²) in [7, 11) is 0. The third-order valence-corrected chi connectivity index (χ3v) is 12.8. The predicted octanol–water partition coefficient (Wildman–Crippen LogP) is 14.9. The van der Waals surface area contributed by atoms with Crippen LogP contribution in [-0.2, 0) is 0 Å². The van der Waals surface area contributed by atoms with Crippen molar-refractivity contribution in [2.24, 2.45) is 0 Å². The fourth-order valence-corrected chi connectivity index (χ4v) is 9.53. The normalized spacial score (nSPS) is 11.5. The van der Waals surface area contributed by atoms with Crippen LogP contribution < -0.4 is 0 Å². The maximum atomic E-state index is 5.27. The van der Waals surface area contributed by atoms with Gasteiger partial charge in [0.2, 0.25) is 5.95 Å². The van der Waals surface area contributed by atoms with Gasteiger partial charge in [-0.1, -0.05) is 182 Å². The van der Waals surface area contributed by atoms with Gasteiger partial charge in [-0.05, 0) is 65.7 Å². The van der Waals surface area contributed by atoms with Crippen molar-refractivity contribution in [2.45, 2.75) is 0 Å². The van der Waals surface area contributed by atoms with E-state index in [9.17, 15) is 0 Å². The molecule has 318 valence electrons. The van der Waals surface area contributed by atoms with Crippen LogP contribution in [0, 0.1) is 0 Å². The van der Waals surface area contributed by atoms with Crippen molar-refractivity contribution in [3.05, 3.63) is 237 Å². The van der Waals surface area contributed by atoms with Crippen LogP contribution in [0.3, 0.4) is 0 Å². The quantitative estimate of drug-likeness (QED) is 0.152. The Balaban J connectivity index is 0.970. The number of benzene rings is 9. The van der Waals surface area contributed by atoms with Gasteiger partial charge in [-0.3, -0.25) is 4.57 Å². The van der Waals surface area contributed by atoms with E-state index in [4.69, 9.17) is 24.9 Å². The third kappa shape index (κ3) is 6.80. The molecule has 0 fully saturated rings. The average Bonchev–Trinajstić information content (AvgIpc) is 3.93. The van der Waals surface area contributed by atoms with Gasteiger partial charge in [0.05, 0.1) is 33.5 Å². The van der Waals surface area contributed by atoms with Gasteiger partial charge >= 0.3 is 0 Å². The van der Waals surface area contributed by atoms with Gasteiger partial charge in [0.25, 0.3) is 0 Å². The molecule has 0 N–H and O–H groups in total. The molecular weight excluding hydrogens is 831 g/mol. The minimum absolute atomic E-state index is 0.555. The smallest absolute Gasteiger partial charge is 0.238 e. The largest absolute Gasteiger partial charge is 0.309 e. The van der Waals surface area contributed by atoms with E-state index in [1.165, 1.54) is 0 Å². The summed E-state index contributed by atoms with van der Waals surface area (Å²) in [5, 5.41) is 4.48. The highest BCUT2D eigenvalue weighted by Crippen LogP contribution is 2.40. The molecule has 4 heterocycles. The molecule has 7 nitrogen and oxygen atoms in total. The highest BCUT2D eigenvalue weighted by Gasteiger charge is 2.22. The van der Waals surface area contributed by atoms with Crippen molar-refractivity contribution in [3.8, 4) is 79.4 Å². The van der Waals surface area contributed by atoms with Crippen LogP contribution in [0.25, 0.3) is 123 Å². The van der Waals surface area contributed by atoms with Crippen molar-refractivity contribution < 1.29 is 0 Å². The molecule has 0 bridgehead atoms. The zero-order chi connectivity index (χ0) is 45.0. The van der Waals surface area contributed by atoms with Gasteiger partial charge in [0.15, 0.2) is 17.5 Å². The Morgan fingerprint density at radius 3 is 1.13 bits per heavy atom. The molecule has 7 heteroatoms. The molecule has 13 rings (SSSR count). The molecule has 0 saturated heterocycles. The minimum atomic E-state index is 0.555. The fourth-order valence-electron chi connectivity index (χ4n) is 9.53. The van der Waals surface area contributed by atoms with Crippen LogP contribution in [0.1, 0.15) is 0 Å². The Bertz CT molecular complexity index is 3920. The van der Waals surface area contributed by atoms with Crippen LogP contribution in [0.4, 0.5) is 0 Å². The van der Waals surface area contributed by atoms with Gasteiger partial charge in [-0.2, -0.15) is 9.97 Å². The van der Waals surface area contributed by atoms with E-state index in [0.29, 0.717) is 23.4 Å². The molecule has 0 saturated carbocycles. The van der Waals surface area contributed by atoms with E-state index in [1.54, 1.807) is 0 Å². The molecule has 0 atom stereocenters. The second kappa shape index (κ2) is 16.3. The first-order chi connectivity index (χ1) is 33.7. The second-order valence-corrected chi connectivity index (χ2v) is 16.9. The lowest BCUT2D eigenvalue weighted by atomic mass is 10.0. The SMILES string of the molecule is c1ccc(-c2ccc(-c3nc(-c4ccccc4)nc(-n4c5ccccc5c5cc6c(cc54)c4ccccc4n6-c4ccc(-c5nc(-c6ccccc6)cc(-c6ccccc6)n5)cc4)n3)cc2)cc1. The summed E-state index contributed by atoms with van der Waals surface area (Å²) >= 11 is 0. The maximum absolute atomic E-state index is 5.27. The standard InChI is InChI=1S/C61H39N7/c1-5-17-40(18-6-1)41-29-31-45(32-30-41)60-64-59(44-23-11-4-12-24-44)65-61(66-60)68-55-28-16-14-26-49(55)51-37-56-50(38-57(51)68)48-25-13-15-27-54(48)67(56)47-35-33-46(34-36-47)58-62-52(42-19-7-2-8-20-42)39-53(63-58)43-21-9-3-10-22-43/h1-39H. The second-order valence-electron chi connectivity index (χ2n) is 16.9.